The molecule has 3 aromatic carbocycles. The highest BCUT2D eigenvalue weighted by molar-refractivity contribution is 7.88. The second-order valence-electron chi connectivity index (χ2n) is 7.19. The van der Waals surface area contributed by atoms with E-state index in [4.69, 9.17) is 16.3 Å². The number of benzene rings is 3. The zero-order valence-electron chi connectivity index (χ0n) is 17.5. The van der Waals surface area contributed by atoms with E-state index in [-0.39, 0.29) is 27.2 Å². The summed E-state index contributed by atoms with van der Waals surface area (Å²) in [6.45, 7) is 0. The van der Waals surface area contributed by atoms with Crippen LogP contribution in [-0.4, -0.2) is 26.0 Å². The monoisotopic (exact) mass is 529 g/mol. The fraction of sp³-hybridized carbons (Fsp3) is 0.0870. The number of nitrogens with zero attached hydrogens (tertiary/aromatic N) is 1. The molecule has 0 saturated carbocycles. The minimum Gasteiger partial charge on any atom is -0.496 e. The molecule has 0 bridgehead atoms. The molecule has 0 saturated heterocycles. The van der Waals surface area contributed by atoms with Crippen molar-refractivity contribution in [2.24, 2.45) is 0 Å². The number of hydrogen-bond donors (Lipinski definition) is 0. The van der Waals surface area contributed by atoms with Gasteiger partial charge in [-0.05, 0) is 53.4 Å². The van der Waals surface area contributed by atoms with Gasteiger partial charge in [0.1, 0.15) is 11.6 Å². The van der Waals surface area contributed by atoms with Crippen LogP contribution >= 0.6 is 11.6 Å². The van der Waals surface area contributed by atoms with Gasteiger partial charge in [-0.25, -0.2) is 8.78 Å². The third-order valence-corrected chi connectivity index (χ3v) is 6.26. The molecule has 4 aromatic rings. The number of hydrogen-bond acceptors (Lipinski definition) is 5. The molecule has 35 heavy (non-hydrogen) atoms. The summed E-state index contributed by atoms with van der Waals surface area (Å²) in [6, 6.07) is 11.7. The van der Waals surface area contributed by atoms with Crippen LogP contribution in [0.15, 0.2) is 60.8 Å². The van der Waals surface area contributed by atoms with Crippen molar-refractivity contribution < 1.29 is 39.3 Å². The van der Waals surface area contributed by atoms with Crippen molar-refractivity contribution in [2.45, 2.75) is 5.51 Å². The van der Waals surface area contributed by atoms with Crippen molar-refractivity contribution in [2.75, 3.05) is 7.11 Å². The average Bonchev–Trinajstić information content (AvgIpc) is 2.78. The summed E-state index contributed by atoms with van der Waals surface area (Å²) in [5.41, 5.74) is -4.35. The first-order valence-corrected chi connectivity index (χ1v) is 11.4. The molecule has 0 unspecified atom stereocenters. The van der Waals surface area contributed by atoms with E-state index in [1.807, 2.05) is 0 Å². The van der Waals surface area contributed by atoms with Crippen molar-refractivity contribution in [1.82, 2.24) is 4.98 Å². The molecule has 0 aliphatic rings. The van der Waals surface area contributed by atoms with Crippen LogP contribution in [0, 0.1) is 11.6 Å². The SMILES string of the molecule is COc1cc(-c2cccc(F)c2)c(Cl)cc1-c1nccc2cc(OS(=O)(=O)C(F)(F)F)c(F)cc12. The molecule has 4 rings (SSSR count). The fourth-order valence-corrected chi connectivity index (χ4v) is 4.13. The van der Waals surface area contributed by atoms with Crippen molar-refractivity contribution in [1.29, 1.82) is 0 Å². The zero-order valence-corrected chi connectivity index (χ0v) is 19.1. The molecule has 0 N–H and O–H groups in total. The lowest BCUT2D eigenvalue weighted by atomic mass is 9.98. The normalized spacial score (nSPS) is 12.1. The summed E-state index contributed by atoms with van der Waals surface area (Å²) in [5, 5.41) is 0.452. The predicted molar refractivity (Wildman–Crippen MR) is 120 cm³/mol. The highest BCUT2D eigenvalue weighted by atomic mass is 35.5. The first-order chi connectivity index (χ1) is 16.4. The van der Waals surface area contributed by atoms with Crippen LogP contribution < -0.4 is 8.92 Å². The molecule has 0 aliphatic heterocycles. The second-order valence-corrected chi connectivity index (χ2v) is 9.13. The van der Waals surface area contributed by atoms with Crippen LogP contribution in [0.3, 0.4) is 0 Å². The van der Waals surface area contributed by atoms with Gasteiger partial charge in [-0.15, -0.1) is 0 Å². The van der Waals surface area contributed by atoms with E-state index >= 15 is 0 Å². The molecule has 182 valence electrons. The standard InChI is InChI=1S/C23H13ClF5NO4S/c1-33-20-11-15(12-3-2-4-14(25)7-12)18(24)9-17(20)22-16-10-19(26)21(8-13(16)5-6-30-22)34-35(31,32)23(27,28)29/h2-11H,1H3. The van der Waals surface area contributed by atoms with Crippen LogP contribution in [0.4, 0.5) is 22.0 Å². The second kappa shape index (κ2) is 8.97. The third kappa shape index (κ3) is 4.73. The quantitative estimate of drug-likeness (QED) is 0.163. The molecule has 0 radical (unpaired) electrons. The third-order valence-electron chi connectivity index (χ3n) is 4.98. The Kier molecular flexibility index (Phi) is 6.32. The highest BCUT2D eigenvalue weighted by Crippen LogP contribution is 2.42. The number of ether oxygens (including phenoxy) is 1. The first kappa shape index (κ1) is 24.7. The molecule has 12 heteroatoms. The fourth-order valence-electron chi connectivity index (χ4n) is 3.40. The molecular weight excluding hydrogens is 517 g/mol. The lowest BCUT2D eigenvalue weighted by Gasteiger charge is -2.15. The largest absolute Gasteiger partial charge is 0.534 e. The average molecular weight is 530 g/mol. The summed E-state index contributed by atoms with van der Waals surface area (Å²) < 4.78 is 98.3. The smallest absolute Gasteiger partial charge is 0.496 e. The maximum absolute atomic E-state index is 14.6. The molecule has 1 aromatic heterocycles. The molecule has 0 aliphatic carbocycles. The van der Waals surface area contributed by atoms with Gasteiger partial charge >= 0.3 is 15.6 Å². The summed E-state index contributed by atoms with van der Waals surface area (Å²) >= 11 is 6.45. The summed E-state index contributed by atoms with van der Waals surface area (Å²) in [4.78, 5) is 4.22. The Morgan fingerprint density at radius 2 is 1.69 bits per heavy atom. The van der Waals surface area contributed by atoms with Gasteiger partial charge in [0, 0.05) is 27.7 Å². The zero-order chi connectivity index (χ0) is 25.5. The lowest BCUT2D eigenvalue weighted by Crippen LogP contribution is -2.28. The van der Waals surface area contributed by atoms with Crippen molar-refractivity contribution in [3.05, 3.63) is 77.5 Å². The molecule has 0 spiro atoms. The lowest BCUT2D eigenvalue weighted by molar-refractivity contribution is -0.0500. The van der Waals surface area contributed by atoms with Crippen LogP contribution in [0.2, 0.25) is 5.02 Å². The van der Waals surface area contributed by atoms with Gasteiger partial charge in [-0.3, -0.25) is 4.98 Å². The topological polar surface area (TPSA) is 65.5 Å². The van der Waals surface area contributed by atoms with Gasteiger partial charge in [0.2, 0.25) is 0 Å². The predicted octanol–water partition coefficient (Wildman–Crippen LogP) is 6.74. The van der Waals surface area contributed by atoms with Gasteiger partial charge in [0.15, 0.2) is 11.6 Å². The summed E-state index contributed by atoms with van der Waals surface area (Å²) in [6.07, 6.45) is 1.28. The maximum Gasteiger partial charge on any atom is 0.534 e. The van der Waals surface area contributed by atoms with Crippen LogP contribution in [0.1, 0.15) is 0 Å². The Balaban J connectivity index is 1.86. The molecular formula is C23H13ClF5NO4S. The van der Waals surface area contributed by atoms with Crippen LogP contribution in [0.25, 0.3) is 33.2 Å². The van der Waals surface area contributed by atoms with Gasteiger partial charge < -0.3 is 8.92 Å². The molecule has 5 nitrogen and oxygen atoms in total. The van der Waals surface area contributed by atoms with E-state index < -0.39 is 33.0 Å². The number of pyridine rings is 1. The number of alkyl halides is 3. The number of fused-ring (bicyclic) bond motifs is 1. The van der Waals surface area contributed by atoms with Crippen LogP contribution in [0.5, 0.6) is 11.5 Å². The van der Waals surface area contributed by atoms with E-state index in [1.54, 1.807) is 6.07 Å². The Bertz CT molecular complexity index is 1560. The number of halogens is 6. The van der Waals surface area contributed by atoms with Crippen molar-refractivity contribution in [3.8, 4) is 33.9 Å². The molecule has 0 atom stereocenters. The number of rotatable bonds is 5. The van der Waals surface area contributed by atoms with E-state index in [2.05, 4.69) is 9.17 Å². The molecule has 0 amide bonds. The minimum atomic E-state index is -6.07. The maximum atomic E-state index is 14.6. The number of methoxy groups -OCH3 is 1. The Morgan fingerprint density at radius 3 is 2.34 bits per heavy atom. The van der Waals surface area contributed by atoms with Crippen molar-refractivity contribution in [3.63, 3.8) is 0 Å². The van der Waals surface area contributed by atoms with E-state index in [0.29, 0.717) is 16.7 Å². The van der Waals surface area contributed by atoms with E-state index in [1.165, 1.54) is 49.7 Å². The van der Waals surface area contributed by atoms with Gasteiger partial charge in [0.05, 0.1) is 12.8 Å². The summed E-state index contributed by atoms with van der Waals surface area (Å²) in [5.74, 6) is -2.72. The Morgan fingerprint density at radius 1 is 0.943 bits per heavy atom. The van der Waals surface area contributed by atoms with Crippen molar-refractivity contribution >= 4 is 32.5 Å². The van der Waals surface area contributed by atoms with Gasteiger partial charge in [-0.2, -0.15) is 21.6 Å². The van der Waals surface area contributed by atoms with E-state index in [9.17, 15) is 30.4 Å². The molecule has 1 heterocycles. The van der Waals surface area contributed by atoms with Crippen LogP contribution in [-0.2, 0) is 10.1 Å². The summed E-state index contributed by atoms with van der Waals surface area (Å²) in [7, 11) is -4.71. The first-order valence-electron chi connectivity index (χ1n) is 9.64. The van der Waals surface area contributed by atoms with E-state index in [0.717, 1.165) is 12.1 Å². The molecule has 0 fully saturated rings. The Labute approximate surface area is 200 Å². The number of aromatic nitrogens is 1. The Hall–Kier alpha value is -3.44. The van der Waals surface area contributed by atoms with Gasteiger partial charge in [-0.1, -0.05) is 23.7 Å². The van der Waals surface area contributed by atoms with Gasteiger partial charge in [0.25, 0.3) is 0 Å². The minimum absolute atomic E-state index is 0.120. The highest BCUT2D eigenvalue weighted by Gasteiger charge is 2.49.